The second-order valence-corrected chi connectivity index (χ2v) is 5.48. The fourth-order valence-electron chi connectivity index (χ4n) is 1.43. The quantitative estimate of drug-likeness (QED) is 0.699. The molecule has 0 bridgehead atoms. The molecule has 1 rings (SSSR count). The summed E-state index contributed by atoms with van der Waals surface area (Å²) in [5.74, 6) is 0. The van der Waals surface area contributed by atoms with Gasteiger partial charge in [-0.3, -0.25) is 4.57 Å². The first-order valence-corrected chi connectivity index (χ1v) is 6.30. The zero-order valence-corrected chi connectivity index (χ0v) is 9.00. The zero-order valence-electron chi connectivity index (χ0n) is 8.10. The molecule has 0 aromatic carbocycles. The van der Waals surface area contributed by atoms with Crippen molar-refractivity contribution in [1.82, 2.24) is 0 Å². The molecule has 0 unspecified atom stereocenters. The van der Waals surface area contributed by atoms with Gasteiger partial charge in [0.1, 0.15) is 0 Å². The van der Waals surface area contributed by atoms with Gasteiger partial charge in [0.15, 0.2) is 0 Å². The van der Waals surface area contributed by atoms with Crippen LogP contribution in [-0.2, 0) is 13.6 Å². The van der Waals surface area contributed by atoms with Crippen molar-refractivity contribution in [2.75, 3.05) is 13.2 Å². The minimum absolute atomic E-state index is 0.0950. The molecule has 1 aliphatic carbocycles. The number of hydrogen-bond acceptors (Lipinski definition) is 4. The standard InChI is InChI=1S/C8H17O4P/c1-3-11-13(10,12-4-2)8-5-7(9)6-8/h7-9H,3-6H2,1-2H3. The Labute approximate surface area is 78.8 Å². The minimum Gasteiger partial charge on any atom is -0.393 e. The molecule has 5 heteroatoms. The minimum atomic E-state index is -2.92. The normalized spacial score (nSPS) is 28.5. The number of rotatable bonds is 5. The lowest BCUT2D eigenvalue weighted by molar-refractivity contribution is 0.0810. The maximum atomic E-state index is 12.0. The molecule has 0 aliphatic heterocycles. The summed E-state index contributed by atoms with van der Waals surface area (Å²) in [6.07, 6.45) is 0.758. The van der Waals surface area contributed by atoms with Crippen LogP contribution in [0.5, 0.6) is 0 Å². The van der Waals surface area contributed by atoms with Gasteiger partial charge in [-0.2, -0.15) is 0 Å². The molecule has 1 fully saturated rings. The summed E-state index contributed by atoms with van der Waals surface area (Å²) in [6.45, 7) is 4.37. The van der Waals surface area contributed by atoms with Gasteiger partial charge in [-0.1, -0.05) is 0 Å². The Bertz CT molecular complexity index is 190. The van der Waals surface area contributed by atoms with Crippen LogP contribution in [0.1, 0.15) is 26.7 Å². The van der Waals surface area contributed by atoms with Crippen molar-refractivity contribution in [3.05, 3.63) is 0 Å². The summed E-state index contributed by atoms with van der Waals surface area (Å²) in [6, 6.07) is 0. The van der Waals surface area contributed by atoms with E-state index in [4.69, 9.17) is 14.2 Å². The lowest BCUT2D eigenvalue weighted by Crippen LogP contribution is -2.34. The van der Waals surface area contributed by atoms with Crippen LogP contribution in [0.15, 0.2) is 0 Å². The number of aliphatic hydroxyl groups excluding tert-OH is 1. The van der Waals surface area contributed by atoms with E-state index in [2.05, 4.69) is 0 Å². The van der Waals surface area contributed by atoms with Crippen LogP contribution in [0, 0.1) is 0 Å². The lowest BCUT2D eigenvalue weighted by atomic mass is 9.96. The van der Waals surface area contributed by atoms with Gasteiger partial charge in [0.25, 0.3) is 0 Å². The van der Waals surface area contributed by atoms with Crippen LogP contribution in [0.3, 0.4) is 0 Å². The molecule has 0 heterocycles. The highest BCUT2D eigenvalue weighted by Gasteiger charge is 2.44. The molecule has 0 aromatic heterocycles. The number of hydrogen-bond donors (Lipinski definition) is 1. The fourth-order valence-corrected chi connectivity index (χ4v) is 3.64. The van der Waals surface area contributed by atoms with E-state index in [0.717, 1.165) is 0 Å². The summed E-state index contributed by atoms with van der Waals surface area (Å²) in [5, 5.41) is 9.09. The monoisotopic (exact) mass is 208 g/mol. The molecular formula is C8H17O4P. The molecule has 1 saturated carbocycles. The average Bonchev–Trinajstić information content (AvgIpc) is 2.00. The molecule has 4 nitrogen and oxygen atoms in total. The van der Waals surface area contributed by atoms with E-state index >= 15 is 0 Å². The highest BCUT2D eigenvalue weighted by atomic mass is 31.2. The Morgan fingerprint density at radius 1 is 1.31 bits per heavy atom. The van der Waals surface area contributed by atoms with Gasteiger partial charge in [0.2, 0.25) is 0 Å². The molecule has 13 heavy (non-hydrogen) atoms. The first-order valence-electron chi connectivity index (χ1n) is 4.69. The maximum Gasteiger partial charge on any atom is 0.333 e. The lowest BCUT2D eigenvalue weighted by Gasteiger charge is -2.35. The van der Waals surface area contributed by atoms with Crippen LogP contribution >= 0.6 is 7.60 Å². The van der Waals surface area contributed by atoms with E-state index in [-0.39, 0.29) is 11.8 Å². The predicted molar refractivity (Wildman–Crippen MR) is 49.9 cm³/mol. The van der Waals surface area contributed by atoms with Gasteiger partial charge in [-0.15, -0.1) is 0 Å². The summed E-state index contributed by atoms with van der Waals surface area (Å²) in [4.78, 5) is 0. The van der Waals surface area contributed by atoms with Crippen molar-refractivity contribution in [3.8, 4) is 0 Å². The van der Waals surface area contributed by atoms with Crippen molar-refractivity contribution in [1.29, 1.82) is 0 Å². The summed E-state index contributed by atoms with van der Waals surface area (Å²) >= 11 is 0. The van der Waals surface area contributed by atoms with Crippen LogP contribution in [0.2, 0.25) is 0 Å². The first-order chi connectivity index (χ1) is 6.12. The largest absolute Gasteiger partial charge is 0.393 e. The Hall–Kier alpha value is 0.110. The van der Waals surface area contributed by atoms with Crippen molar-refractivity contribution < 1.29 is 18.7 Å². The van der Waals surface area contributed by atoms with Crippen LogP contribution in [-0.4, -0.2) is 30.1 Å². The first kappa shape index (κ1) is 11.2. The van der Waals surface area contributed by atoms with Crippen molar-refractivity contribution in [3.63, 3.8) is 0 Å². The van der Waals surface area contributed by atoms with E-state index in [1.54, 1.807) is 13.8 Å². The Balaban J connectivity index is 2.51. The van der Waals surface area contributed by atoms with E-state index in [1.807, 2.05) is 0 Å². The predicted octanol–water partition coefficient (Wildman–Crippen LogP) is 1.78. The SMILES string of the molecule is CCOP(=O)(OCC)C1CC(O)C1. The molecule has 0 atom stereocenters. The average molecular weight is 208 g/mol. The smallest absolute Gasteiger partial charge is 0.333 e. The molecule has 0 saturated heterocycles. The fraction of sp³-hybridized carbons (Fsp3) is 1.00. The van der Waals surface area contributed by atoms with E-state index in [9.17, 15) is 4.57 Å². The zero-order chi connectivity index (χ0) is 9.90. The molecule has 78 valence electrons. The molecule has 0 amide bonds. The molecular weight excluding hydrogens is 191 g/mol. The second-order valence-electron chi connectivity index (χ2n) is 3.15. The van der Waals surface area contributed by atoms with Crippen molar-refractivity contribution >= 4 is 7.60 Å². The van der Waals surface area contributed by atoms with Crippen LogP contribution in [0.4, 0.5) is 0 Å². The summed E-state index contributed by atoms with van der Waals surface area (Å²) in [5.41, 5.74) is -0.0950. The van der Waals surface area contributed by atoms with Gasteiger partial charge in [0, 0.05) is 0 Å². The highest BCUT2D eigenvalue weighted by Crippen LogP contribution is 2.59. The number of aliphatic hydroxyl groups is 1. The van der Waals surface area contributed by atoms with E-state index in [0.29, 0.717) is 26.1 Å². The van der Waals surface area contributed by atoms with Crippen molar-refractivity contribution in [2.24, 2.45) is 0 Å². The molecule has 0 spiro atoms. The Morgan fingerprint density at radius 3 is 2.08 bits per heavy atom. The molecule has 1 N–H and O–H groups in total. The Kier molecular flexibility index (Phi) is 3.92. The van der Waals surface area contributed by atoms with Gasteiger partial charge in [0.05, 0.1) is 25.0 Å². The molecule has 1 aliphatic rings. The molecule has 0 radical (unpaired) electrons. The van der Waals surface area contributed by atoms with Gasteiger partial charge >= 0.3 is 7.60 Å². The van der Waals surface area contributed by atoms with Crippen molar-refractivity contribution in [2.45, 2.75) is 38.5 Å². The van der Waals surface area contributed by atoms with Gasteiger partial charge < -0.3 is 14.2 Å². The summed E-state index contributed by atoms with van der Waals surface area (Å²) in [7, 11) is -2.92. The van der Waals surface area contributed by atoms with E-state index in [1.165, 1.54) is 0 Å². The second kappa shape index (κ2) is 4.56. The van der Waals surface area contributed by atoms with Gasteiger partial charge in [-0.25, -0.2) is 0 Å². The molecule has 0 aromatic rings. The van der Waals surface area contributed by atoms with Gasteiger partial charge in [-0.05, 0) is 26.7 Å². The van der Waals surface area contributed by atoms with Crippen LogP contribution in [0.25, 0.3) is 0 Å². The topological polar surface area (TPSA) is 55.8 Å². The third kappa shape index (κ3) is 2.53. The summed E-state index contributed by atoms with van der Waals surface area (Å²) < 4.78 is 22.3. The van der Waals surface area contributed by atoms with Crippen LogP contribution < -0.4 is 0 Å². The highest BCUT2D eigenvalue weighted by molar-refractivity contribution is 7.54. The Morgan fingerprint density at radius 2 is 1.77 bits per heavy atom. The third-order valence-corrected chi connectivity index (χ3v) is 4.71. The maximum absolute atomic E-state index is 12.0. The third-order valence-electron chi connectivity index (χ3n) is 2.15. The van der Waals surface area contributed by atoms with E-state index < -0.39 is 7.60 Å².